The molecule has 0 aromatic heterocycles. The summed E-state index contributed by atoms with van der Waals surface area (Å²) in [6.45, 7) is 4.37. The second kappa shape index (κ2) is 6.83. The predicted molar refractivity (Wildman–Crippen MR) is 85.4 cm³/mol. The number of benzene rings is 2. The van der Waals surface area contributed by atoms with Crippen molar-refractivity contribution in [1.82, 2.24) is 0 Å². The van der Waals surface area contributed by atoms with Gasteiger partial charge in [0.1, 0.15) is 0 Å². The van der Waals surface area contributed by atoms with Gasteiger partial charge in [0.05, 0.1) is 12.5 Å². The average Bonchev–Trinajstić information content (AvgIpc) is 2.43. The van der Waals surface area contributed by atoms with E-state index in [0.717, 1.165) is 10.5 Å². The molecule has 20 heavy (non-hydrogen) atoms. The van der Waals surface area contributed by atoms with E-state index in [0.29, 0.717) is 17.4 Å². The van der Waals surface area contributed by atoms with Gasteiger partial charge in [0.2, 0.25) is 0 Å². The molecule has 3 heteroatoms. The molecule has 0 spiro atoms. The molecule has 0 heterocycles. The summed E-state index contributed by atoms with van der Waals surface area (Å²) in [5.74, 6) is 0.540. The summed E-state index contributed by atoms with van der Waals surface area (Å²) < 4.78 is 0. The highest BCUT2D eigenvalue weighted by Crippen LogP contribution is 2.33. The fourth-order valence-electron chi connectivity index (χ4n) is 1.92. The summed E-state index contributed by atoms with van der Waals surface area (Å²) in [5.41, 5.74) is 2.32. The van der Waals surface area contributed by atoms with Gasteiger partial charge in [0.15, 0.2) is 0 Å². The normalized spacial score (nSPS) is 10.6. The second-order valence-electron chi connectivity index (χ2n) is 4.91. The Labute approximate surface area is 129 Å². The van der Waals surface area contributed by atoms with Gasteiger partial charge in [-0.2, -0.15) is 5.26 Å². The van der Waals surface area contributed by atoms with Crippen LogP contribution in [0.1, 0.15) is 30.9 Å². The summed E-state index contributed by atoms with van der Waals surface area (Å²) in [6, 6.07) is 16.5. The van der Waals surface area contributed by atoms with Crippen LogP contribution in [0.3, 0.4) is 0 Å². The Kier molecular flexibility index (Phi) is 5.11. The number of rotatable bonds is 4. The monoisotopic (exact) mass is 301 g/mol. The second-order valence-corrected chi connectivity index (χ2v) is 6.46. The summed E-state index contributed by atoms with van der Waals surface area (Å²) >= 11 is 7.67. The zero-order chi connectivity index (χ0) is 14.5. The summed E-state index contributed by atoms with van der Waals surface area (Å²) in [7, 11) is 0. The molecule has 0 bridgehead atoms. The van der Waals surface area contributed by atoms with Crippen molar-refractivity contribution in [2.24, 2.45) is 0 Å². The van der Waals surface area contributed by atoms with E-state index in [9.17, 15) is 0 Å². The largest absolute Gasteiger partial charge is 0.198 e. The first-order valence-electron chi connectivity index (χ1n) is 6.53. The minimum Gasteiger partial charge on any atom is -0.198 e. The molecule has 0 fully saturated rings. The van der Waals surface area contributed by atoms with Crippen LogP contribution in [0.25, 0.3) is 0 Å². The van der Waals surface area contributed by atoms with Crippen molar-refractivity contribution >= 4 is 23.4 Å². The molecule has 0 atom stereocenters. The van der Waals surface area contributed by atoms with Crippen LogP contribution >= 0.6 is 23.4 Å². The molecule has 2 aromatic carbocycles. The van der Waals surface area contributed by atoms with E-state index in [-0.39, 0.29) is 0 Å². The molecule has 1 nitrogen and oxygen atoms in total. The Morgan fingerprint density at radius 2 is 1.85 bits per heavy atom. The third-order valence-corrected chi connectivity index (χ3v) is 4.43. The van der Waals surface area contributed by atoms with Gasteiger partial charge < -0.3 is 0 Å². The van der Waals surface area contributed by atoms with E-state index >= 15 is 0 Å². The molecule has 0 saturated heterocycles. The molecule has 0 radical (unpaired) electrons. The number of nitriles is 1. The van der Waals surface area contributed by atoms with Gasteiger partial charge in [-0.05, 0) is 47.4 Å². The Bertz CT molecular complexity index is 626. The van der Waals surface area contributed by atoms with Crippen molar-refractivity contribution in [2.45, 2.75) is 36.0 Å². The van der Waals surface area contributed by atoms with E-state index < -0.39 is 0 Å². The van der Waals surface area contributed by atoms with Crippen LogP contribution in [-0.4, -0.2) is 0 Å². The van der Waals surface area contributed by atoms with Crippen LogP contribution < -0.4 is 0 Å². The lowest BCUT2D eigenvalue weighted by molar-refractivity contribution is 0.865. The zero-order valence-electron chi connectivity index (χ0n) is 11.6. The van der Waals surface area contributed by atoms with Crippen molar-refractivity contribution in [3.63, 3.8) is 0 Å². The number of halogens is 1. The Morgan fingerprint density at radius 1 is 1.15 bits per heavy atom. The quantitative estimate of drug-likeness (QED) is 0.725. The minimum atomic E-state index is 0.382. The first kappa shape index (κ1) is 15.0. The molecular weight excluding hydrogens is 286 g/mol. The first-order valence-corrected chi connectivity index (χ1v) is 7.73. The molecular formula is C17H16ClNS. The Hall–Kier alpha value is -1.43. The van der Waals surface area contributed by atoms with Crippen molar-refractivity contribution in [3.8, 4) is 6.07 Å². The lowest BCUT2D eigenvalue weighted by Crippen LogP contribution is -1.88. The topological polar surface area (TPSA) is 23.8 Å². The van der Waals surface area contributed by atoms with Crippen molar-refractivity contribution in [2.75, 3.05) is 0 Å². The molecule has 0 aliphatic heterocycles. The first-order chi connectivity index (χ1) is 9.60. The highest BCUT2D eigenvalue weighted by atomic mass is 35.5. The molecule has 0 unspecified atom stereocenters. The van der Waals surface area contributed by atoms with Gasteiger partial charge in [0, 0.05) is 14.8 Å². The third-order valence-electron chi connectivity index (χ3n) is 3.07. The SMILES string of the molecule is CC(C)c1ccc(Sc2ccc(Cl)cc2CC#N)cc1. The van der Waals surface area contributed by atoms with Crippen LogP contribution in [0.15, 0.2) is 52.3 Å². The summed E-state index contributed by atoms with van der Waals surface area (Å²) in [6.07, 6.45) is 0.382. The Balaban J connectivity index is 2.23. The van der Waals surface area contributed by atoms with E-state index in [4.69, 9.17) is 16.9 Å². The smallest absolute Gasteiger partial charge is 0.0670 e. The Morgan fingerprint density at radius 3 is 2.45 bits per heavy atom. The summed E-state index contributed by atoms with van der Waals surface area (Å²) in [4.78, 5) is 2.27. The van der Waals surface area contributed by atoms with Crippen LogP contribution in [0, 0.1) is 11.3 Å². The lowest BCUT2D eigenvalue weighted by Gasteiger charge is -2.09. The zero-order valence-corrected chi connectivity index (χ0v) is 13.1. The van der Waals surface area contributed by atoms with Crippen LogP contribution in [0.4, 0.5) is 0 Å². The van der Waals surface area contributed by atoms with Gasteiger partial charge in [-0.25, -0.2) is 0 Å². The van der Waals surface area contributed by atoms with E-state index in [1.54, 1.807) is 11.8 Å². The molecule has 2 rings (SSSR count). The number of hydrogen-bond donors (Lipinski definition) is 0. The van der Waals surface area contributed by atoms with Crippen molar-refractivity contribution < 1.29 is 0 Å². The maximum Gasteiger partial charge on any atom is 0.0670 e. The average molecular weight is 302 g/mol. The van der Waals surface area contributed by atoms with Gasteiger partial charge in [-0.15, -0.1) is 0 Å². The maximum atomic E-state index is 8.90. The summed E-state index contributed by atoms with van der Waals surface area (Å²) in [5, 5.41) is 9.57. The van der Waals surface area contributed by atoms with E-state index in [1.807, 2.05) is 18.2 Å². The molecule has 0 saturated carbocycles. The molecule has 0 aliphatic carbocycles. The fraction of sp³-hybridized carbons (Fsp3) is 0.235. The van der Waals surface area contributed by atoms with Crippen LogP contribution in [-0.2, 0) is 6.42 Å². The van der Waals surface area contributed by atoms with E-state index in [2.05, 4.69) is 44.2 Å². The van der Waals surface area contributed by atoms with Gasteiger partial charge in [-0.3, -0.25) is 0 Å². The van der Waals surface area contributed by atoms with Crippen LogP contribution in [0.2, 0.25) is 5.02 Å². The van der Waals surface area contributed by atoms with Crippen LogP contribution in [0.5, 0.6) is 0 Å². The highest BCUT2D eigenvalue weighted by Gasteiger charge is 2.06. The molecule has 2 aromatic rings. The predicted octanol–water partition coefficient (Wildman–Crippen LogP) is 5.68. The third kappa shape index (κ3) is 3.79. The number of nitrogens with zero attached hydrogens (tertiary/aromatic N) is 1. The lowest BCUT2D eigenvalue weighted by atomic mass is 10.0. The van der Waals surface area contributed by atoms with Crippen molar-refractivity contribution in [3.05, 3.63) is 58.6 Å². The maximum absolute atomic E-state index is 8.90. The van der Waals surface area contributed by atoms with E-state index in [1.165, 1.54) is 10.5 Å². The van der Waals surface area contributed by atoms with Crippen molar-refractivity contribution in [1.29, 1.82) is 5.26 Å². The fourth-order valence-corrected chi connectivity index (χ4v) is 3.04. The molecule has 0 aliphatic rings. The molecule has 0 N–H and O–H groups in total. The highest BCUT2D eigenvalue weighted by molar-refractivity contribution is 7.99. The molecule has 102 valence electrons. The minimum absolute atomic E-state index is 0.382. The van der Waals surface area contributed by atoms with Gasteiger partial charge >= 0.3 is 0 Å². The number of hydrogen-bond acceptors (Lipinski definition) is 2. The standard InChI is InChI=1S/C17H16ClNS/c1-12(2)13-3-6-16(7-4-13)20-17-8-5-15(18)11-14(17)9-10-19/h3-8,11-12H,9H2,1-2H3. The molecule has 0 amide bonds. The van der Waals surface area contributed by atoms with Gasteiger partial charge in [-0.1, -0.05) is 49.3 Å². The van der Waals surface area contributed by atoms with Gasteiger partial charge in [0.25, 0.3) is 0 Å².